The first-order valence-corrected chi connectivity index (χ1v) is 9.50. The molecular weight excluding hydrogens is 341 g/mol. The Kier molecular flexibility index (Phi) is 3.85. The Hall–Kier alpha value is -2.25. The second-order valence-corrected chi connectivity index (χ2v) is 8.22. The molecule has 4 rings (SSSR count). The highest BCUT2D eigenvalue weighted by molar-refractivity contribution is 7.89. The van der Waals surface area contributed by atoms with Crippen LogP contribution in [0.3, 0.4) is 0 Å². The summed E-state index contributed by atoms with van der Waals surface area (Å²) in [6, 6.07) is 11.9. The highest BCUT2D eigenvalue weighted by Gasteiger charge is 2.31. The fourth-order valence-corrected chi connectivity index (χ4v) is 4.70. The van der Waals surface area contributed by atoms with Crippen LogP contribution in [0.2, 0.25) is 0 Å². The predicted molar refractivity (Wildman–Crippen MR) is 92.0 cm³/mol. The lowest BCUT2D eigenvalue weighted by Crippen LogP contribution is -2.42. The van der Waals surface area contributed by atoms with Crippen LogP contribution in [0.1, 0.15) is 12.1 Å². The molecule has 1 atom stereocenters. The number of rotatable bonds is 3. The van der Waals surface area contributed by atoms with Gasteiger partial charge in [0.1, 0.15) is 11.5 Å². The SMILES string of the molecule is CN([C@@H]1CCc2[c]c3cccnc3n2C1)S(=O)(=O)c1ccc(F)cc1. The first kappa shape index (κ1) is 16.2. The van der Waals surface area contributed by atoms with E-state index < -0.39 is 15.8 Å². The molecule has 0 unspecified atom stereocenters. The zero-order chi connectivity index (χ0) is 17.6. The number of benzene rings is 1. The molecule has 7 heteroatoms. The van der Waals surface area contributed by atoms with Crippen molar-refractivity contribution in [3.05, 3.63) is 60.2 Å². The molecule has 0 spiro atoms. The first-order chi connectivity index (χ1) is 12.0. The van der Waals surface area contributed by atoms with Crippen molar-refractivity contribution < 1.29 is 12.8 Å². The Labute approximate surface area is 145 Å². The maximum Gasteiger partial charge on any atom is 0.243 e. The van der Waals surface area contributed by atoms with Crippen LogP contribution >= 0.6 is 0 Å². The third-order valence-electron chi connectivity index (χ3n) is 4.76. The van der Waals surface area contributed by atoms with Crippen LogP contribution in [0, 0.1) is 11.9 Å². The van der Waals surface area contributed by atoms with Gasteiger partial charge in [0.15, 0.2) is 0 Å². The minimum atomic E-state index is -3.67. The second kappa shape index (κ2) is 5.93. The van der Waals surface area contributed by atoms with Gasteiger partial charge in [-0.2, -0.15) is 4.31 Å². The number of sulfonamides is 1. The largest absolute Gasteiger partial charge is 0.327 e. The Morgan fingerprint density at radius 1 is 1.28 bits per heavy atom. The Morgan fingerprint density at radius 3 is 2.80 bits per heavy atom. The molecule has 1 aromatic carbocycles. The number of halogens is 1. The fourth-order valence-electron chi connectivity index (χ4n) is 3.33. The third-order valence-corrected chi connectivity index (χ3v) is 6.68. The van der Waals surface area contributed by atoms with E-state index in [-0.39, 0.29) is 10.9 Å². The Morgan fingerprint density at radius 2 is 2.04 bits per heavy atom. The van der Waals surface area contributed by atoms with Crippen LogP contribution in [0.4, 0.5) is 4.39 Å². The van der Waals surface area contributed by atoms with Crippen LogP contribution < -0.4 is 0 Å². The van der Waals surface area contributed by atoms with Crippen molar-refractivity contribution in [3.63, 3.8) is 0 Å². The lowest BCUT2D eigenvalue weighted by molar-refractivity contribution is 0.293. The van der Waals surface area contributed by atoms with Gasteiger partial charge in [-0.25, -0.2) is 17.8 Å². The van der Waals surface area contributed by atoms with Crippen molar-refractivity contribution in [3.8, 4) is 0 Å². The Bertz CT molecular complexity index is 1030. The molecule has 0 bridgehead atoms. The average Bonchev–Trinajstić information content (AvgIpc) is 2.99. The summed E-state index contributed by atoms with van der Waals surface area (Å²) in [6.07, 6.45) is 3.18. The lowest BCUT2D eigenvalue weighted by atomic mass is 10.1. The zero-order valence-electron chi connectivity index (χ0n) is 13.7. The number of fused-ring (bicyclic) bond motifs is 3. The van der Waals surface area contributed by atoms with Gasteiger partial charge >= 0.3 is 0 Å². The normalized spacial score (nSPS) is 17.8. The second-order valence-electron chi connectivity index (χ2n) is 6.22. The van der Waals surface area contributed by atoms with E-state index >= 15 is 0 Å². The molecule has 0 saturated carbocycles. The quantitative estimate of drug-likeness (QED) is 0.723. The Balaban J connectivity index is 1.65. The number of likely N-dealkylation sites (N-methyl/N-ethyl adjacent to an activating group) is 1. The minimum Gasteiger partial charge on any atom is -0.327 e. The fraction of sp³-hybridized carbons (Fsp3) is 0.278. The van der Waals surface area contributed by atoms with E-state index in [0.717, 1.165) is 35.3 Å². The van der Waals surface area contributed by atoms with Gasteiger partial charge in [-0.05, 0) is 49.2 Å². The van der Waals surface area contributed by atoms with E-state index in [1.54, 1.807) is 13.2 Å². The number of pyridine rings is 1. The lowest BCUT2D eigenvalue weighted by Gasteiger charge is -2.32. The smallest absolute Gasteiger partial charge is 0.243 e. The molecule has 0 saturated heterocycles. The predicted octanol–water partition coefficient (Wildman–Crippen LogP) is 2.61. The van der Waals surface area contributed by atoms with Gasteiger partial charge < -0.3 is 4.57 Å². The van der Waals surface area contributed by atoms with Crippen LogP contribution in [0.5, 0.6) is 0 Å². The molecule has 2 aromatic heterocycles. The maximum absolute atomic E-state index is 13.1. The van der Waals surface area contributed by atoms with E-state index in [9.17, 15) is 12.8 Å². The molecule has 25 heavy (non-hydrogen) atoms. The summed E-state index contributed by atoms with van der Waals surface area (Å²) in [7, 11) is -2.09. The van der Waals surface area contributed by atoms with Crippen LogP contribution in [-0.2, 0) is 23.0 Å². The molecule has 3 heterocycles. The van der Waals surface area contributed by atoms with E-state index in [0.29, 0.717) is 13.0 Å². The maximum atomic E-state index is 13.1. The highest BCUT2D eigenvalue weighted by Crippen LogP contribution is 2.27. The molecular formula is C18H17FN3O2S. The van der Waals surface area contributed by atoms with E-state index in [4.69, 9.17) is 0 Å². The number of nitrogens with zero attached hydrogens (tertiary/aromatic N) is 3. The molecule has 0 aliphatic carbocycles. The first-order valence-electron chi connectivity index (χ1n) is 8.06. The van der Waals surface area contributed by atoms with Crippen LogP contribution in [0.25, 0.3) is 11.0 Å². The van der Waals surface area contributed by atoms with Gasteiger partial charge in [-0.15, -0.1) is 0 Å². The van der Waals surface area contributed by atoms with Crippen molar-refractivity contribution in [1.29, 1.82) is 0 Å². The summed E-state index contributed by atoms with van der Waals surface area (Å²) in [6.45, 7) is 0.531. The molecule has 0 fully saturated rings. The van der Waals surface area contributed by atoms with Gasteiger partial charge in [0, 0.05) is 43.0 Å². The van der Waals surface area contributed by atoms with E-state index in [1.807, 2.05) is 16.7 Å². The summed E-state index contributed by atoms with van der Waals surface area (Å²) < 4.78 is 42.2. The van der Waals surface area contributed by atoms with Gasteiger partial charge in [-0.3, -0.25) is 0 Å². The van der Waals surface area contributed by atoms with Gasteiger partial charge in [-0.1, -0.05) is 0 Å². The standard InChI is InChI=1S/C18H17FN3O2S/c1-21(25(23,24)17-8-4-14(19)5-9-17)16-7-6-15-11-13-3-2-10-20-18(13)22(15)12-16/h2-5,8-10,16H,6-7,12H2,1H3/t16-/m1/s1. The molecule has 129 valence electrons. The monoisotopic (exact) mass is 358 g/mol. The molecule has 1 aliphatic heterocycles. The van der Waals surface area contributed by atoms with Crippen LogP contribution in [0.15, 0.2) is 47.5 Å². The number of aryl methyl sites for hydroxylation is 1. The third kappa shape index (κ3) is 2.73. The molecule has 1 aliphatic rings. The summed E-state index contributed by atoms with van der Waals surface area (Å²) in [5.41, 5.74) is 1.88. The van der Waals surface area contributed by atoms with Gasteiger partial charge in [0.05, 0.1) is 4.90 Å². The topological polar surface area (TPSA) is 55.2 Å². The van der Waals surface area contributed by atoms with Crippen molar-refractivity contribution in [2.45, 2.75) is 30.3 Å². The van der Waals surface area contributed by atoms with Crippen LogP contribution in [-0.4, -0.2) is 35.4 Å². The summed E-state index contributed by atoms with van der Waals surface area (Å²) in [5, 5.41) is 0.946. The molecule has 1 radical (unpaired) electrons. The van der Waals surface area contributed by atoms with E-state index in [2.05, 4.69) is 11.1 Å². The molecule has 5 nitrogen and oxygen atoms in total. The van der Waals surface area contributed by atoms with Gasteiger partial charge in [0.25, 0.3) is 0 Å². The van der Waals surface area contributed by atoms with Crippen molar-refractivity contribution in [2.75, 3.05) is 7.05 Å². The average molecular weight is 358 g/mol. The van der Waals surface area contributed by atoms with Crippen molar-refractivity contribution in [1.82, 2.24) is 13.9 Å². The minimum absolute atomic E-state index is 0.101. The highest BCUT2D eigenvalue weighted by atomic mass is 32.2. The number of hydrogen-bond acceptors (Lipinski definition) is 3. The number of aromatic nitrogens is 2. The summed E-state index contributed by atoms with van der Waals surface area (Å²) in [5.74, 6) is -0.454. The zero-order valence-corrected chi connectivity index (χ0v) is 14.5. The van der Waals surface area contributed by atoms with E-state index in [1.165, 1.54) is 16.4 Å². The van der Waals surface area contributed by atoms with Gasteiger partial charge in [0.2, 0.25) is 10.0 Å². The van der Waals surface area contributed by atoms with Crippen molar-refractivity contribution in [2.24, 2.45) is 0 Å². The number of hydrogen-bond donors (Lipinski definition) is 0. The molecule has 0 N–H and O–H groups in total. The molecule has 0 amide bonds. The summed E-state index contributed by atoms with van der Waals surface area (Å²) in [4.78, 5) is 4.50. The van der Waals surface area contributed by atoms with Crippen molar-refractivity contribution >= 4 is 21.1 Å². The summed E-state index contributed by atoms with van der Waals surface area (Å²) >= 11 is 0. The molecule has 3 aromatic rings.